The molecule has 21 heavy (non-hydrogen) atoms. The van der Waals surface area contributed by atoms with Crippen molar-refractivity contribution < 1.29 is 13.9 Å². The number of benzene rings is 1. The van der Waals surface area contributed by atoms with E-state index >= 15 is 0 Å². The Morgan fingerprint density at radius 3 is 2.95 bits per heavy atom. The van der Waals surface area contributed by atoms with Crippen LogP contribution < -0.4 is 5.32 Å². The molecule has 1 aromatic rings. The predicted octanol–water partition coefficient (Wildman–Crippen LogP) is 1.97. The standard InChI is InChI=1S/C16H23FN2O2/c1-12-10-13(17)5-6-15(12)16(20)19(8-9-21-2)11-14-4-3-7-18-14/h5-6,10,14,18H,3-4,7-9,11H2,1-2H3. The van der Waals surface area contributed by atoms with Gasteiger partial charge in [0, 0.05) is 31.8 Å². The molecule has 0 bridgehead atoms. The molecule has 2 rings (SSSR count). The number of hydrogen-bond donors (Lipinski definition) is 1. The molecule has 1 saturated heterocycles. The van der Waals surface area contributed by atoms with Crippen LogP contribution in [0.1, 0.15) is 28.8 Å². The predicted molar refractivity (Wildman–Crippen MR) is 79.9 cm³/mol. The van der Waals surface area contributed by atoms with Crippen LogP contribution in [0.2, 0.25) is 0 Å². The lowest BCUT2D eigenvalue weighted by Gasteiger charge is -2.26. The van der Waals surface area contributed by atoms with E-state index in [0.717, 1.165) is 19.4 Å². The summed E-state index contributed by atoms with van der Waals surface area (Å²) in [5.41, 5.74) is 1.23. The van der Waals surface area contributed by atoms with Crippen molar-refractivity contribution in [2.75, 3.05) is 33.4 Å². The Morgan fingerprint density at radius 2 is 2.33 bits per heavy atom. The summed E-state index contributed by atoms with van der Waals surface area (Å²) >= 11 is 0. The zero-order chi connectivity index (χ0) is 15.2. The van der Waals surface area contributed by atoms with Gasteiger partial charge in [0.05, 0.1) is 6.61 Å². The Balaban J connectivity index is 2.11. The van der Waals surface area contributed by atoms with Gasteiger partial charge in [-0.1, -0.05) is 0 Å². The number of carbonyl (C=O) groups is 1. The van der Waals surface area contributed by atoms with Gasteiger partial charge in [-0.2, -0.15) is 0 Å². The summed E-state index contributed by atoms with van der Waals surface area (Å²) in [5, 5.41) is 3.40. The van der Waals surface area contributed by atoms with Crippen LogP contribution in [-0.4, -0.2) is 50.2 Å². The maximum absolute atomic E-state index is 13.2. The quantitative estimate of drug-likeness (QED) is 0.872. The molecule has 1 aliphatic heterocycles. The second kappa shape index (κ2) is 7.52. The lowest BCUT2D eigenvalue weighted by molar-refractivity contribution is 0.0678. The van der Waals surface area contributed by atoms with Crippen molar-refractivity contribution in [3.8, 4) is 0 Å². The van der Waals surface area contributed by atoms with Crippen LogP contribution in [0.15, 0.2) is 18.2 Å². The van der Waals surface area contributed by atoms with Gasteiger partial charge in [0.1, 0.15) is 5.82 Å². The minimum absolute atomic E-state index is 0.0572. The Hall–Kier alpha value is -1.46. The molecule has 0 spiro atoms. The molecule has 1 aliphatic rings. The first-order chi connectivity index (χ1) is 10.1. The van der Waals surface area contributed by atoms with E-state index in [1.165, 1.54) is 12.1 Å². The summed E-state index contributed by atoms with van der Waals surface area (Å²) in [7, 11) is 1.62. The molecular weight excluding hydrogens is 271 g/mol. The van der Waals surface area contributed by atoms with Crippen LogP contribution in [0.5, 0.6) is 0 Å². The summed E-state index contributed by atoms with van der Waals surface area (Å²) in [5.74, 6) is -0.372. The fourth-order valence-electron chi connectivity index (χ4n) is 2.69. The highest BCUT2D eigenvalue weighted by molar-refractivity contribution is 5.95. The van der Waals surface area contributed by atoms with Gasteiger partial charge >= 0.3 is 0 Å². The topological polar surface area (TPSA) is 41.6 Å². The van der Waals surface area contributed by atoms with Crippen LogP contribution in [0.3, 0.4) is 0 Å². The molecule has 116 valence electrons. The van der Waals surface area contributed by atoms with E-state index in [0.29, 0.717) is 36.9 Å². The smallest absolute Gasteiger partial charge is 0.254 e. The van der Waals surface area contributed by atoms with Gasteiger partial charge < -0.3 is 15.0 Å². The molecule has 0 saturated carbocycles. The second-order valence-corrected chi connectivity index (χ2v) is 5.50. The fourth-order valence-corrected chi connectivity index (χ4v) is 2.69. The normalized spacial score (nSPS) is 18.0. The second-order valence-electron chi connectivity index (χ2n) is 5.50. The van der Waals surface area contributed by atoms with Crippen molar-refractivity contribution in [2.45, 2.75) is 25.8 Å². The Labute approximate surface area is 125 Å². The average Bonchev–Trinajstić information content (AvgIpc) is 2.95. The zero-order valence-corrected chi connectivity index (χ0v) is 12.7. The number of hydrogen-bond acceptors (Lipinski definition) is 3. The molecule has 0 aromatic heterocycles. The zero-order valence-electron chi connectivity index (χ0n) is 12.7. The van der Waals surface area contributed by atoms with Crippen molar-refractivity contribution in [2.24, 2.45) is 0 Å². The monoisotopic (exact) mass is 294 g/mol. The number of ether oxygens (including phenoxy) is 1. The molecule has 1 atom stereocenters. The third kappa shape index (κ3) is 4.25. The summed E-state index contributed by atoms with van der Waals surface area (Å²) < 4.78 is 18.3. The number of aryl methyl sites for hydroxylation is 1. The number of methoxy groups -OCH3 is 1. The summed E-state index contributed by atoms with van der Waals surface area (Å²) in [6.45, 7) is 4.48. The van der Waals surface area contributed by atoms with Crippen molar-refractivity contribution in [3.05, 3.63) is 35.1 Å². The number of carbonyl (C=O) groups excluding carboxylic acids is 1. The molecular formula is C16H23FN2O2. The number of halogens is 1. The van der Waals surface area contributed by atoms with E-state index in [-0.39, 0.29) is 11.7 Å². The van der Waals surface area contributed by atoms with Crippen molar-refractivity contribution in [3.63, 3.8) is 0 Å². The van der Waals surface area contributed by atoms with E-state index < -0.39 is 0 Å². The van der Waals surface area contributed by atoms with Gasteiger partial charge in [-0.3, -0.25) is 4.79 Å². The van der Waals surface area contributed by atoms with Crippen molar-refractivity contribution >= 4 is 5.91 Å². The third-order valence-corrected chi connectivity index (χ3v) is 3.87. The van der Waals surface area contributed by atoms with Gasteiger partial charge in [0.25, 0.3) is 5.91 Å². The minimum atomic E-state index is -0.315. The molecule has 0 radical (unpaired) electrons. The molecule has 0 aliphatic carbocycles. The number of nitrogens with one attached hydrogen (secondary N) is 1. The number of amides is 1. The summed E-state index contributed by atoms with van der Waals surface area (Å²) in [6.07, 6.45) is 2.23. The Bertz CT molecular complexity index is 487. The summed E-state index contributed by atoms with van der Waals surface area (Å²) in [4.78, 5) is 14.5. The van der Waals surface area contributed by atoms with Gasteiger partial charge in [-0.15, -0.1) is 0 Å². The lowest BCUT2D eigenvalue weighted by Crippen LogP contribution is -2.42. The van der Waals surface area contributed by atoms with E-state index in [2.05, 4.69) is 5.32 Å². The molecule has 1 aromatic carbocycles. The first kappa shape index (κ1) is 15.9. The average molecular weight is 294 g/mol. The SMILES string of the molecule is COCCN(CC1CCCN1)C(=O)c1ccc(F)cc1C. The van der Waals surface area contributed by atoms with E-state index in [1.807, 2.05) is 0 Å². The van der Waals surface area contributed by atoms with E-state index in [9.17, 15) is 9.18 Å². The number of rotatable bonds is 6. The maximum Gasteiger partial charge on any atom is 0.254 e. The van der Waals surface area contributed by atoms with E-state index in [1.54, 1.807) is 25.0 Å². The largest absolute Gasteiger partial charge is 0.383 e. The third-order valence-electron chi connectivity index (χ3n) is 3.87. The summed E-state index contributed by atoms with van der Waals surface area (Å²) in [6, 6.07) is 4.64. The highest BCUT2D eigenvalue weighted by Crippen LogP contribution is 2.15. The first-order valence-electron chi connectivity index (χ1n) is 7.39. The number of nitrogens with zero attached hydrogens (tertiary/aromatic N) is 1. The molecule has 1 heterocycles. The molecule has 1 unspecified atom stereocenters. The Kier molecular flexibility index (Phi) is 5.70. The lowest BCUT2D eigenvalue weighted by atomic mass is 10.1. The Morgan fingerprint density at radius 1 is 1.52 bits per heavy atom. The maximum atomic E-state index is 13.2. The van der Waals surface area contributed by atoms with Crippen LogP contribution in [0.25, 0.3) is 0 Å². The van der Waals surface area contributed by atoms with Crippen LogP contribution in [0.4, 0.5) is 4.39 Å². The van der Waals surface area contributed by atoms with E-state index in [4.69, 9.17) is 4.74 Å². The van der Waals surface area contributed by atoms with Crippen LogP contribution in [-0.2, 0) is 4.74 Å². The molecule has 1 amide bonds. The van der Waals surface area contributed by atoms with Crippen LogP contribution >= 0.6 is 0 Å². The molecule has 4 nitrogen and oxygen atoms in total. The minimum Gasteiger partial charge on any atom is -0.383 e. The fraction of sp³-hybridized carbons (Fsp3) is 0.562. The highest BCUT2D eigenvalue weighted by atomic mass is 19.1. The van der Waals surface area contributed by atoms with Gasteiger partial charge in [0.2, 0.25) is 0 Å². The van der Waals surface area contributed by atoms with Crippen molar-refractivity contribution in [1.29, 1.82) is 0 Å². The molecule has 1 N–H and O–H groups in total. The van der Waals surface area contributed by atoms with Crippen molar-refractivity contribution in [1.82, 2.24) is 10.2 Å². The van der Waals surface area contributed by atoms with Gasteiger partial charge in [-0.25, -0.2) is 4.39 Å². The first-order valence-corrected chi connectivity index (χ1v) is 7.39. The van der Waals surface area contributed by atoms with Gasteiger partial charge in [-0.05, 0) is 50.1 Å². The highest BCUT2D eigenvalue weighted by Gasteiger charge is 2.23. The molecule has 5 heteroatoms. The van der Waals surface area contributed by atoms with Crippen LogP contribution in [0, 0.1) is 12.7 Å². The molecule has 1 fully saturated rings. The van der Waals surface area contributed by atoms with Gasteiger partial charge in [0.15, 0.2) is 0 Å².